The zero-order chi connectivity index (χ0) is 94.3. The second kappa shape index (κ2) is 35.9. The largest absolute Gasteiger partial charge is 0.455 e. The van der Waals surface area contributed by atoms with E-state index >= 15 is 0 Å². The van der Waals surface area contributed by atoms with Crippen molar-refractivity contribution in [1.29, 1.82) is 0 Å². The van der Waals surface area contributed by atoms with E-state index < -0.39 is 0 Å². The van der Waals surface area contributed by atoms with Gasteiger partial charge in [0.2, 0.25) is 0 Å². The standard InChI is InChI=1S/C22H32O2.C21H30O2.C21H32O2.2C20H30O2.C19H28O2/c1-13(2)20(23)24-22(19-9-14-4-5-16(19)6-14)17-7-15-8-18(22)12-21(3,10-15)11-17;1-3-19(22)23-21(18-9-13-4-5-15(18)6-13)16-7-14-8-17(21)12-20(2,10-14)11-16;1-14(2)19(22)23-21(16-7-5-4-6-8-16)17-9-15-10-18(21)13-20(3,11-15)12-17;1-13(2)18(21)22-20(15-6-4-5-7-15)16-8-14-9-17(20)12-19(3,10-14)11-16;1-3-18(21)22-20(15-7-5-4-6-8-15)16-9-14-10-17(20)13-19(2,11-14)12-16;1-3-17(20)21-19(14-6-4-5-7-14)15-8-13-9-16(19)12-18(2,10-13)11-15/h14-19H,1,4-12H2,2-3H3;3,13-18H,1,4-12H2,2H3;15-18H,1,4-13H2,2-3H3;14-17H,1,4-12H2,2-3H3;3,14-17H,1,4-13H2,2H3;3,13-16H,1,4-12H2,2H3. The highest BCUT2D eigenvalue weighted by molar-refractivity contribution is 5.88. The van der Waals surface area contributed by atoms with E-state index in [1.54, 1.807) is 13.8 Å². The van der Waals surface area contributed by atoms with Crippen LogP contribution >= 0.6 is 0 Å². The van der Waals surface area contributed by atoms with E-state index in [9.17, 15) is 28.8 Å². The molecule has 32 aliphatic carbocycles. The molecule has 0 heterocycles. The van der Waals surface area contributed by atoms with Crippen LogP contribution in [0.2, 0.25) is 0 Å². The van der Waals surface area contributed by atoms with E-state index in [1.165, 1.54) is 378 Å². The summed E-state index contributed by atoms with van der Waals surface area (Å²) in [4.78, 5) is 74.3. The van der Waals surface area contributed by atoms with Crippen LogP contribution in [0.15, 0.2) is 74.4 Å². The molecule has 18 unspecified atom stereocenters. The summed E-state index contributed by atoms with van der Waals surface area (Å²) in [5.74, 6) is 18.9. The average Bonchev–Trinajstić information content (AvgIpc) is 1.64. The fourth-order valence-corrected chi connectivity index (χ4v) is 44.6. The van der Waals surface area contributed by atoms with Crippen molar-refractivity contribution in [2.45, 2.75) is 455 Å². The van der Waals surface area contributed by atoms with Crippen LogP contribution < -0.4 is 0 Å². The first-order chi connectivity index (χ1) is 64.4. The Labute approximate surface area is 816 Å². The summed E-state index contributed by atoms with van der Waals surface area (Å²) < 4.78 is 38.2. The van der Waals surface area contributed by atoms with E-state index in [1.807, 2.05) is 6.92 Å². The second-order valence-corrected chi connectivity index (χ2v) is 56.6. The minimum Gasteiger partial charge on any atom is -0.455 e. The lowest BCUT2D eigenvalue weighted by atomic mass is 9.42. The zero-order valence-electron chi connectivity index (χ0n) is 86.1. The van der Waals surface area contributed by atoms with Gasteiger partial charge in [-0.3, -0.25) is 0 Å². The van der Waals surface area contributed by atoms with Crippen LogP contribution in [0.1, 0.15) is 422 Å². The predicted octanol–water partition coefficient (Wildman–Crippen LogP) is 29.4. The third kappa shape index (κ3) is 16.8. The maximum absolute atomic E-state index is 12.7. The molecule has 0 aromatic heterocycles. The van der Waals surface area contributed by atoms with Gasteiger partial charge in [-0.15, -0.1) is 0 Å². The third-order valence-electron chi connectivity index (χ3n) is 46.9. The van der Waals surface area contributed by atoms with Crippen LogP contribution in [0.4, 0.5) is 0 Å². The van der Waals surface area contributed by atoms with Crippen molar-refractivity contribution >= 4 is 35.8 Å². The van der Waals surface area contributed by atoms with E-state index in [4.69, 9.17) is 28.4 Å². The maximum atomic E-state index is 12.7. The SMILES string of the molecule is C=C(C)C(=O)OC1(C2CC3CCC2C3)C2CC3CC1CC(C)(C3)C2.C=C(C)C(=O)OC1(C2CCCC2)C2CC3CC1CC(C)(C3)C2.C=C(C)C(=O)OC1(C2CCCCC2)C2CC3CC1CC(C)(C3)C2.C=CC(=O)OC1(C2CC3CCC2C3)C2CC3CC1CC(C)(C3)C2.C=CC(=O)OC1(C2CCCC2)C2CC3CC1CC(C)(C3)C2.C=CC(=O)OC1(C2CCCCC2)C2CC3CC1CC(C)(C3)C2. The lowest BCUT2D eigenvalue weighted by Gasteiger charge is -2.66. The van der Waals surface area contributed by atoms with Crippen molar-refractivity contribution in [3.8, 4) is 0 Å². The van der Waals surface area contributed by atoms with Crippen LogP contribution in [-0.2, 0) is 57.2 Å². The quantitative estimate of drug-likeness (QED) is 0.0728. The number of esters is 6. The molecule has 0 radical (unpaired) electrons. The van der Waals surface area contributed by atoms with Gasteiger partial charge in [0.05, 0.1) is 0 Å². The molecule has 0 spiro atoms. The minimum atomic E-state index is -0.181. The maximum Gasteiger partial charge on any atom is 0.333 e. The fourth-order valence-electron chi connectivity index (χ4n) is 44.6. The molecular weight excluding hydrogens is 1670 g/mol. The van der Waals surface area contributed by atoms with Gasteiger partial charge in [-0.1, -0.05) is 158 Å². The molecule has 28 bridgehead atoms. The van der Waals surface area contributed by atoms with Gasteiger partial charge in [0, 0.05) is 118 Å². The van der Waals surface area contributed by atoms with Crippen LogP contribution in [0.5, 0.6) is 0 Å². The molecular formula is C123H182O12. The first-order valence-corrected chi connectivity index (χ1v) is 57.6. The van der Waals surface area contributed by atoms with Crippen LogP contribution in [0, 0.1) is 198 Å². The fraction of sp³-hybridized carbons (Fsp3) is 0.854. The van der Waals surface area contributed by atoms with Crippen molar-refractivity contribution < 1.29 is 57.2 Å². The molecule has 0 saturated heterocycles. The molecule has 12 nitrogen and oxygen atoms in total. The summed E-state index contributed by atoms with van der Waals surface area (Å²) in [7, 11) is 0. The molecule has 32 fully saturated rings. The number of hydrogen-bond donors (Lipinski definition) is 0. The molecule has 32 rings (SSSR count). The van der Waals surface area contributed by atoms with Crippen molar-refractivity contribution in [3.05, 3.63) is 74.4 Å². The number of rotatable bonds is 18. The number of carbonyl (C=O) groups excluding carboxylic acids is 6. The Bertz CT molecular complexity index is 4400. The molecule has 0 amide bonds. The molecule has 18 atom stereocenters. The van der Waals surface area contributed by atoms with E-state index in [0.717, 1.165) is 59.2 Å². The molecule has 32 aliphatic rings. The van der Waals surface area contributed by atoms with Gasteiger partial charge in [-0.25, -0.2) is 28.8 Å². The zero-order valence-corrected chi connectivity index (χ0v) is 86.1. The highest BCUT2D eigenvalue weighted by atomic mass is 16.6. The summed E-state index contributed by atoms with van der Waals surface area (Å²) >= 11 is 0. The minimum absolute atomic E-state index is 0.115. The van der Waals surface area contributed by atoms with Crippen LogP contribution in [-0.4, -0.2) is 69.4 Å². The first-order valence-electron chi connectivity index (χ1n) is 57.6. The van der Waals surface area contributed by atoms with Gasteiger partial charge in [0.1, 0.15) is 33.6 Å². The van der Waals surface area contributed by atoms with E-state index in [0.29, 0.717) is 156 Å². The van der Waals surface area contributed by atoms with Crippen molar-refractivity contribution in [1.82, 2.24) is 0 Å². The van der Waals surface area contributed by atoms with Gasteiger partial charge < -0.3 is 28.4 Å². The Morgan fingerprint density at radius 2 is 0.400 bits per heavy atom. The van der Waals surface area contributed by atoms with Crippen molar-refractivity contribution in [2.24, 2.45) is 198 Å². The molecule has 746 valence electrons. The molecule has 0 aromatic carbocycles. The molecule has 0 N–H and O–H groups in total. The lowest BCUT2D eigenvalue weighted by molar-refractivity contribution is -0.245. The lowest BCUT2D eigenvalue weighted by Crippen LogP contribution is -2.66. The van der Waals surface area contributed by atoms with Crippen LogP contribution in [0.25, 0.3) is 0 Å². The molecule has 12 heteroatoms. The molecule has 135 heavy (non-hydrogen) atoms. The van der Waals surface area contributed by atoms with Crippen LogP contribution in [0.3, 0.4) is 0 Å². The molecule has 0 aliphatic heterocycles. The predicted molar refractivity (Wildman–Crippen MR) is 533 cm³/mol. The van der Waals surface area contributed by atoms with Gasteiger partial charge in [-0.05, 0) is 419 Å². The van der Waals surface area contributed by atoms with Crippen molar-refractivity contribution in [2.75, 3.05) is 0 Å². The first kappa shape index (κ1) is 96.4. The van der Waals surface area contributed by atoms with Gasteiger partial charge >= 0.3 is 35.8 Å². The molecule has 0 aromatic rings. The van der Waals surface area contributed by atoms with Crippen molar-refractivity contribution in [3.63, 3.8) is 0 Å². The summed E-state index contributed by atoms with van der Waals surface area (Å²) in [6.45, 7) is 42.9. The number of fused-ring (bicyclic) bond motifs is 4. The summed E-state index contributed by atoms with van der Waals surface area (Å²) in [6.07, 6.45) is 78.1. The third-order valence-corrected chi connectivity index (χ3v) is 46.9. The monoisotopic (exact) mass is 1850 g/mol. The second-order valence-electron chi connectivity index (χ2n) is 56.6. The Kier molecular flexibility index (Phi) is 25.7. The van der Waals surface area contributed by atoms with Gasteiger partial charge in [0.15, 0.2) is 0 Å². The number of ether oxygens (including phenoxy) is 6. The number of carbonyl (C=O) groups is 6. The Balaban J connectivity index is 0.0000000971. The topological polar surface area (TPSA) is 158 Å². The summed E-state index contributed by atoms with van der Waals surface area (Å²) in [6, 6.07) is 0. The number of hydrogen-bond acceptors (Lipinski definition) is 12. The highest BCUT2D eigenvalue weighted by Gasteiger charge is 2.74. The normalized spacial score (nSPS) is 49.9. The van der Waals surface area contributed by atoms with E-state index in [2.05, 4.69) is 81.0 Å². The summed E-state index contributed by atoms with van der Waals surface area (Å²) in [5.41, 5.74) is 3.97. The van der Waals surface area contributed by atoms with Gasteiger partial charge in [-0.2, -0.15) is 0 Å². The Morgan fingerprint density at radius 3 is 0.585 bits per heavy atom. The Morgan fingerprint density at radius 1 is 0.215 bits per heavy atom. The van der Waals surface area contributed by atoms with Gasteiger partial charge in [0.25, 0.3) is 0 Å². The smallest absolute Gasteiger partial charge is 0.333 e. The highest BCUT2D eigenvalue weighted by Crippen LogP contribution is 2.77. The average molecular weight is 1850 g/mol. The molecule has 32 saturated carbocycles. The Hall–Kier alpha value is -4.74. The summed E-state index contributed by atoms with van der Waals surface area (Å²) in [5, 5.41) is 0. The van der Waals surface area contributed by atoms with E-state index in [-0.39, 0.29) is 69.4 Å².